The lowest BCUT2D eigenvalue weighted by molar-refractivity contribution is 0.0365. The highest BCUT2D eigenvalue weighted by Gasteiger charge is 2.22. The summed E-state index contributed by atoms with van der Waals surface area (Å²) in [4.78, 5) is 15.2. The van der Waals surface area contributed by atoms with Gasteiger partial charge in [-0.2, -0.15) is 0 Å². The van der Waals surface area contributed by atoms with E-state index in [9.17, 15) is 4.79 Å². The second-order valence-electron chi connectivity index (χ2n) is 7.70. The number of carbonyl (C=O) groups is 1. The molecule has 4 nitrogen and oxygen atoms in total. The summed E-state index contributed by atoms with van der Waals surface area (Å²) in [5.41, 5.74) is 1.84. The molecule has 0 unspecified atom stereocenters. The van der Waals surface area contributed by atoms with Crippen LogP contribution in [0.5, 0.6) is 5.75 Å². The first-order valence-corrected chi connectivity index (χ1v) is 10.2. The molecule has 1 saturated heterocycles. The molecule has 0 bridgehead atoms. The average Bonchev–Trinajstić information content (AvgIpc) is 2.78. The molecule has 1 aliphatic heterocycles. The van der Waals surface area contributed by atoms with Crippen molar-refractivity contribution in [2.45, 2.75) is 19.4 Å². The predicted octanol–water partition coefficient (Wildman–Crippen LogP) is 4.92. The number of esters is 1. The van der Waals surface area contributed by atoms with Gasteiger partial charge in [-0.3, -0.25) is 4.90 Å². The van der Waals surface area contributed by atoms with Crippen LogP contribution in [0.2, 0.25) is 0 Å². The highest BCUT2D eigenvalue weighted by molar-refractivity contribution is 5.98. The van der Waals surface area contributed by atoms with Gasteiger partial charge in [-0.15, -0.1) is 0 Å². The van der Waals surface area contributed by atoms with Gasteiger partial charge >= 0.3 is 5.97 Å². The Bertz CT molecular complexity index is 962. The van der Waals surface area contributed by atoms with Crippen LogP contribution < -0.4 is 4.74 Å². The summed E-state index contributed by atoms with van der Waals surface area (Å²) >= 11 is 0. The number of fused-ring (bicyclic) bond motifs is 1. The lowest BCUT2D eigenvalue weighted by atomic mass is 9.97. The number of piperidine rings is 1. The van der Waals surface area contributed by atoms with E-state index in [1.54, 1.807) is 7.11 Å². The SMILES string of the molecule is COc1cc2ccccc2cc1C(=O)OCC1CCN(Cc2ccccc2)CC1. The van der Waals surface area contributed by atoms with E-state index in [4.69, 9.17) is 9.47 Å². The summed E-state index contributed by atoms with van der Waals surface area (Å²) in [7, 11) is 1.59. The van der Waals surface area contributed by atoms with Gasteiger partial charge < -0.3 is 9.47 Å². The quantitative estimate of drug-likeness (QED) is 0.561. The molecule has 0 amide bonds. The van der Waals surface area contributed by atoms with E-state index in [1.807, 2.05) is 36.4 Å². The van der Waals surface area contributed by atoms with Crippen molar-refractivity contribution in [1.82, 2.24) is 4.90 Å². The number of nitrogens with zero attached hydrogens (tertiary/aromatic N) is 1. The lowest BCUT2D eigenvalue weighted by Gasteiger charge is -2.31. The Kier molecular flexibility index (Phi) is 6.11. The van der Waals surface area contributed by atoms with Crippen molar-refractivity contribution in [3.63, 3.8) is 0 Å². The van der Waals surface area contributed by atoms with Gasteiger partial charge in [0, 0.05) is 6.54 Å². The zero-order chi connectivity index (χ0) is 20.1. The van der Waals surface area contributed by atoms with Crippen molar-refractivity contribution in [1.29, 1.82) is 0 Å². The molecule has 0 aromatic heterocycles. The van der Waals surface area contributed by atoms with Crippen LogP contribution in [0.1, 0.15) is 28.8 Å². The predicted molar refractivity (Wildman–Crippen MR) is 115 cm³/mol. The van der Waals surface area contributed by atoms with Crippen molar-refractivity contribution in [2.75, 3.05) is 26.8 Å². The van der Waals surface area contributed by atoms with E-state index in [1.165, 1.54) is 5.56 Å². The maximum absolute atomic E-state index is 12.7. The van der Waals surface area contributed by atoms with E-state index in [2.05, 4.69) is 35.2 Å². The maximum atomic E-state index is 12.7. The van der Waals surface area contributed by atoms with Gasteiger partial charge in [0.25, 0.3) is 0 Å². The highest BCUT2D eigenvalue weighted by Crippen LogP contribution is 2.27. The molecule has 1 heterocycles. The molecule has 4 heteroatoms. The Balaban J connectivity index is 1.32. The van der Waals surface area contributed by atoms with E-state index in [0.717, 1.165) is 43.2 Å². The van der Waals surface area contributed by atoms with Crippen LogP contribution >= 0.6 is 0 Å². The van der Waals surface area contributed by atoms with Crippen molar-refractivity contribution in [2.24, 2.45) is 5.92 Å². The van der Waals surface area contributed by atoms with E-state index in [-0.39, 0.29) is 5.97 Å². The summed E-state index contributed by atoms with van der Waals surface area (Å²) in [6, 6.07) is 22.3. The molecule has 4 rings (SSSR count). The molecule has 0 saturated carbocycles. The van der Waals surface area contributed by atoms with Gasteiger partial charge in [0.05, 0.1) is 13.7 Å². The summed E-state index contributed by atoms with van der Waals surface area (Å²) in [6.07, 6.45) is 2.10. The number of hydrogen-bond acceptors (Lipinski definition) is 4. The molecule has 29 heavy (non-hydrogen) atoms. The van der Waals surface area contributed by atoms with Crippen LogP contribution in [0.25, 0.3) is 10.8 Å². The van der Waals surface area contributed by atoms with Crippen LogP contribution in [-0.4, -0.2) is 37.7 Å². The molecule has 3 aromatic rings. The third kappa shape index (κ3) is 4.77. The summed E-state index contributed by atoms with van der Waals surface area (Å²) in [5.74, 6) is 0.670. The normalized spacial score (nSPS) is 15.3. The number of rotatable bonds is 6. The third-order valence-electron chi connectivity index (χ3n) is 5.69. The fourth-order valence-electron chi connectivity index (χ4n) is 3.97. The molecular weight excluding hydrogens is 362 g/mol. The number of carbonyl (C=O) groups excluding carboxylic acids is 1. The molecule has 0 N–H and O–H groups in total. The molecule has 1 fully saturated rings. The standard InChI is InChI=1S/C25H27NO3/c1-28-24-16-22-10-6-5-9-21(22)15-23(24)25(27)29-18-20-11-13-26(14-12-20)17-19-7-3-2-4-8-19/h2-10,15-16,20H,11-14,17-18H2,1H3. The fraction of sp³-hybridized carbons (Fsp3) is 0.320. The van der Waals surface area contributed by atoms with E-state index < -0.39 is 0 Å². The molecular formula is C25H27NO3. The number of hydrogen-bond donors (Lipinski definition) is 0. The summed E-state index contributed by atoms with van der Waals surface area (Å²) in [5, 5.41) is 2.06. The van der Waals surface area contributed by atoms with Crippen molar-refractivity contribution in [3.8, 4) is 5.75 Å². The third-order valence-corrected chi connectivity index (χ3v) is 5.69. The van der Waals surface area contributed by atoms with Gasteiger partial charge in [0.15, 0.2) is 0 Å². The second-order valence-corrected chi connectivity index (χ2v) is 7.70. The van der Waals surface area contributed by atoms with Gasteiger partial charge in [0.2, 0.25) is 0 Å². The topological polar surface area (TPSA) is 38.8 Å². The molecule has 0 atom stereocenters. The Labute approximate surface area is 172 Å². The summed E-state index contributed by atoms with van der Waals surface area (Å²) < 4.78 is 11.1. The smallest absolute Gasteiger partial charge is 0.341 e. The molecule has 3 aromatic carbocycles. The Morgan fingerprint density at radius 3 is 2.31 bits per heavy atom. The number of likely N-dealkylation sites (tertiary alicyclic amines) is 1. The van der Waals surface area contributed by atoms with E-state index in [0.29, 0.717) is 23.8 Å². The molecule has 0 aliphatic carbocycles. The van der Waals surface area contributed by atoms with Crippen LogP contribution in [0, 0.1) is 5.92 Å². The average molecular weight is 389 g/mol. The number of ether oxygens (including phenoxy) is 2. The maximum Gasteiger partial charge on any atom is 0.341 e. The van der Waals surface area contributed by atoms with Gasteiger partial charge in [0.1, 0.15) is 11.3 Å². The Morgan fingerprint density at radius 2 is 1.62 bits per heavy atom. The number of methoxy groups -OCH3 is 1. The van der Waals surface area contributed by atoms with Gasteiger partial charge in [-0.05, 0) is 60.3 Å². The van der Waals surface area contributed by atoms with Crippen LogP contribution in [0.4, 0.5) is 0 Å². The zero-order valence-corrected chi connectivity index (χ0v) is 16.8. The minimum Gasteiger partial charge on any atom is -0.496 e. The first-order valence-electron chi connectivity index (χ1n) is 10.2. The first kappa shape index (κ1) is 19.5. The monoisotopic (exact) mass is 389 g/mol. The van der Waals surface area contributed by atoms with Crippen molar-refractivity contribution < 1.29 is 14.3 Å². The molecule has 0 radical (unpaired) electrons. The van der Waals surface area contributed by atoms with Gasteiger partial charge in [-0.1, -0.05) is 54.6 Å². The largest absolute Gasteiger partial charge is 0.496 e. The second kappa shape index (κ2) is 9.10. The molecule has 0 spiro atoms. The highest BCUT2D eigenvalue weighted by atomic mass is 16.5. The Morgan fingerprint density at radius 1 is 0.966 bits per heavy atom. The zero-order valence-electron chi connectivity index (χ0n) is 16.8. The first-order chi connectivity index (χ1) is 14.2. The lowest BCUT2D eigenvalue weighted by Crippen LogP contribution is -2.35. The minimum absolute atomic E-state index is 0.306. The van der Waals surface area contributed by atoms with E-state index >= 15 is 0 Å². The molecule has 150 valence electrons. The van der Waals surface area contributed by atoms with Gasteiger partial charge in [-0.25, -0.2) is 4.79 Å². The fourth-order valence-corrected chi connectivity index (χ4v) is 3.97. The van der Waals surface area contributed by atoms with Crippen LogP contribution in [-0.2, 0) is 11.3 Å². The Hall–Kier alpha value is -2.85. The van der Waals surface area contributed by atoms with Crippen molar-refractivity contribution in [3.05, 3.63) is 77.9 Å². The molecule has 1 aliphatic rings. The summed E-state index contributed by atoms with van der Waals surface area (Å²) in [6.45, 7) is 3.53. The van der Waals surface area contributed by atoms with Crippen molar-refractivity contribution >= 4 is 16.7 Å². The van der Waals surface area contributed by atoms with Crippen LogP contribution in [0.15, 0.2) is 66.7 Å². The number of benzene rings is 3. The minimum atomic E-state index is -0.306. The van der Waals surface area contributed by atoms with Crippen LogP contribution in [0.3, 0.4) is 0 Å².